The average Bonchev–Trinajstić information content (AvgIpc) is 2.48. The van der Waals surface area contributed by atoms with Crippen molar-refractivity contribution in [1.82, 2.24) is 0 Å². The van der Waals surface area contributed by atoms with Crippen molar-refractivity contribution in [2.75, 3.05) is 6.61 Å². The molecule has 1 aromatic rings. The van der Waals surface area contributed by atoms with E-state index in [4.69, 9.17) is 4.74 Å². The van der Waals surface area contributed by atoms with Gasteiger partial charge in [-0.1, -0.05) is 71.1 Å². The number of pyridine rings is 1. The van der Waals surface area contributed by atoms with Gasteiger partial charge in [-0.25, -0.2) is 0 Å². The summed E-state index contributed by atoms with van der Waals surface area (Å²) in [5.41, 5.74) is 0. The standard InChI is InChI=1S/C18H31NO2/c1-2-3-4-5-6-7-8-9-10-11-12-16-21-18-14-13-15-19(20)17-18/h13-15,17H,2-12,16H2,1H3. The van der Waals surface area contributed by atoms with Gasteiger partial charge in [-0.2, -0.15) is 4.73 Å². The largest absolute Gasteiger partial charge is 0.619 e. The first kappa shape index (κ1) is 17.8. The van der Waals surface area contributed by atoms with Gasteiger partial charge in [0, 0.05) is 6.07 Å². The second-order valence-electron chi connectivity index (χ2n) is 5.78. The van der Waals surface area contributed by atoms with E-state index in [1.54, 1.807) is 6.07 Å². The van der Waals surface area contributed by atoms with Crippen LogP contribution in [0, 0.1) is 5.21 Å². The van der Waals surface area contributed by atoms with Crippen molar-refractivity contribution in [3.8, 4) is 5.75 Å². The molecule has 0 saturated heterocycles. The lowest BCUT2D eigenvalue weighted by Gasteiger charge is -2.05. The molecular weight excluding hydrogens is 262 g/mol. The minimum absolute atomic E-state index is 0.666. The van der Waals surface area contributed by atoms with Crippen LogP contribution in [-0.4, -0.2) is 6.61 Å². The van der Waals surface area contributed by atoms with E-state index in [0.717, 1.165) is 11.2 Å². The van der Waals surface area contributed by atoms with E-state index in [0.29, 0.717) is 12.4 Å². The van der Waals surface area contributed by atoms with Gasteiger partial charge < -0.3 is 9.94 Å². The van der Waals surface area contributed by atoms with Gasteiger partial charge >= 0.3 is 0 Å². The zero-order chi connectivity index (χ0) is 15.2. The molecule has 21 heavy (non-hydrogen) atoms. The number of rotatable bonds is 13. The van der Waals surface area contributed by atoms with Crippen molar-refractivity contribution in [1.29, 1.82) is 0 Å². The first-order valence-corrected chi connectivity index (χ1v) is 8.64. The topological polar surface area (TPSA) is 36.2 Å². The summed E-state index contributed by atoms with van der Waals surface area (Å²) in [5.74, 6) is 0.666. The molecule has 0 saturated carbocycles. The Balaban J connectivity index is 1.82. The van der Waals surface area contributed by atoms with Crippen LogP contribution < -0.4 is 9.47 Å². The van der Waals surface area contributed by atoms with Gasteiger partial charge in [-0.3, -0.25) is 0 Å². The summed E-state index contributed by atoms with van der Waals surface area (Å²) in [6.07, 6.45) is 17.6. The van der Waals surface area contributed by atoms with Crippen molar-refractivity contribution < 1.29 is 9.47 Å². The van der Waals surface area contributed by atoms with Gasteiger partial charge in [0.05, 0.1) is 6.61 Å². The quantitative estimate of drug-likeness (QED) is 0.291. The van der Waals surface area contributed by atoms with E-state index in [2.05, 4.69) is 6.92 Å². The Kier molecular flexibility index (Phi) is 10.6. The molecule has 0 aliphatic heterocycles. The maximum atomic E-state index is 11.0. The Morgan fingerprint density at radius 1 is 0.905 bits per heavy atom. The summed E-state index contributed by atoms with van der Waals surface area (Å²) in [7, 11) is 0. The zero-order valence-corrected chi connectivity index (χ0v) is 13.6. The predicted octanol–water partition coefficient (Wildman–Crippen LogP) is 5.01. The van der Waals surface area contributed by atoms with E-state index in [1.807, 2.05) is 6.07 Å². The zero-order valence-electron chi connectivity index (χ0n) is 13.6. The summed E-state index contributed by atoms with van der Waals surface area (Å²) in [6, 6.07) is 3.54. The molecule has 0 atom stereocenters. The van der Waals surface area contributed by atoms with Crippen molar-refractivity contribution in [3.63, 3.8) is 0 Å². The number of hydrogen-bond acceptors (Lipinski definition) is 2. The van der Waals surface area contributed by atoms with Crippen molar-refractivity contribution in [3.05, 3.63) is 29.7 Å². The highest BCUT2D eigenvalue weighted by Gasteiger charge is 1.98. The van der Waals surface area contributed by atoms with E-state index in [1.165, 1.54) is 76.6 Å². The Hall–Kier alpha value is -1.25. The second-order valence-corrected chi connectivity index (χ2v) is 5.78. The Bertz CT molecular complexity index is 355. The van der Waals surface area contributed by atoms with Crippen LogP contribution in [0.15, 0.2) is 24.5 Å². The summed E-state index contributed by atoms with van der Waals surface area (Å²) in [5, 5.41) is 11.0. The summed E-state index contributed by atoms with van der Waals surface area (Å²) < 4.78 is 6.32. The van der Waals surface area contributed by atoms with E-state index >= 15 is 0 Å². The summed E-state index contributed by atoms with van der Waals surface area (Å²) in [4.78, 5) is 0. The Morgan fingerprint density at radius 3 is 2.05 bits per heavy atom. The van der Waals surface area contributed by atoms with Crippen molar-refractivity contribution in [2.24, 2.45) is 0 Å². The fourth-order valence-corrected chi connectivity index (χ4v) is 2.48. The van der Waals surface area contributed by atoms with Crippen LogP contribution in [0.3, 0.4) is 0 Å². The maximum absolute atomic E-state index is 11.0. The number of nitrogens with zero attached hydrogens (tertiary/aromatic N) is 1. The van der Waals surface area contributed by atoms with Crippen molar-refractivity contribution >= 4 is 0 Å². The molecule has 0 spiro atoms. The minimum atomic E-state index is 0.666. The maximum Gasteiger partial charge on any atom is 0.222 e. The molecule has 1 aromatic heterocycles. The molecule has 0 N–H and O–H groups in total. The van der Waals surface area contributed by atoms with E-state index in [9.17, 15) is 5.21 Å². The van der Waals surface area contributed by atoms with E-state index < -0.39 is 0 Å². The van der Waals surface area contributed by atoms with Crippen LogP contribution in [0.1, 0.15) is 77.6 Å². The molecule has 0 amide bonds. The second kappa shape index (κ2) is 12.5. The minimum Gasteiger partial charge on any atom is -0.619 e. The molecule has 0 aromatic carbocycles. The molecule has 3 nitrogen and oxygen atoms in total. The molecule has 0 unspecified atom stereocenters. The highest BCUT2D eigenvalue weighted by molar-refractivity contribution is 5.12. The normalized spacial score (nSPS) is 10.7. The molecule has 0 fully saturated rings. The van der Waals surface area contributed by atoms with Gasteiger partial charge in [0.15, 0.2) is 11.9 Å². The Labute approximate surface area is 129 Å². The van der Waals surface area contributed by atoms with Crippen molar-refractivity contribution in [2.45, 2.75) is 77.6 Å². The molecule has 0 aliphatic rings. The summed E-state index contributed by atoms with van der Waals surface area (Å²) >= 11 is 0. The van der Waals surface area contributed by atoms with Crippen LogP contribution >= 0.6 is 0 Å². The molecular formula is C18H31NO2. The average molecular weight is 293 g/mol. The molecule has 1 rings (SSSR count). The fourth-order valence-electron chi connectivity index (χ4n) is 2.48. The lowest BCUT2D eigenvalue weighted by molar-refractivity contribution is -0.605. The molecule has 0 radical (unpaired) electrons. The van der Waals surface area contributed by atoms with Crippen LogP contribution in [-0.2, 0) is 0 Å². The van der Waals surface area contributed by atoms with Gasteiger partial charge in [0.25, 0.3) is 0 Å². The smallest absolute Gasteiger partial charge is 0.222 e. The highest BCUT2D eigenvalue weighted by atomic mass is 16.5. The van der Waals surface area contributed by atoms with Gasteiger partial charge in [0.1, 0.15) is 0 Å². The first-order chi connectivity index (χ1) is 10.3. The summed E-state index contributed by atoms with van der Waals surface area (Å²) in [6.45, 7) is 2.97. The number of aromatic nitrogens is 1. The third-order valence-electron chi connectivity index (χ3n) is 3.76. The number of unbranched alkanes of at least 4 members (excludes halogenated alkanes) is 10. The SMILES string of the molecule is CCCCCCCCCCCCCOc1ccc[n+]([O-])c1. The van der Waals surface area contributed by atoms with Gasteiger partial charge in [-0.05, 0) is 12.5 Å². The van der Waals surface area contributed by atoms with Crippen LogP contribution in [0.25, 0.3) is 0 Å². The lowest BCUT2D eigenvalue weighted by atomic mass is 10.1. The molecule has 120 valence electrons. The number of hydrogen-bond donors (Lipinski definition) is 0. The predicted molar refractivity (Wildman–Crippen MR) is 87.4 cm³/mol. The first-order valence-electron chi connectivity index (χ1n) is 8.64. The van der Waals surface area contributed by atoms with E-state index in [-0.39, 0.29) is 0 Å². The third kappa shape index (κ3) is 10.2. The Morgan fingerprint density at radius 2 is 1.48 bits per heavy atom. The van der Waals surface area contributed by atoms with Gasteiger partial charge in [-0.15, -0.1) is 0 Å². The molecule has 3 heteroatoms. The lowest BCUT2D eigenvalue weighted by Crippen LogP contribution is -2.24. The molecule has 0 bridgehead atoms. The van der Waals surface area contributed by atoms with Crippen LogP contribution in [0.2, 0.25) is 0 Å². The number of ether oxygens (including phenoxy) is 1. The molecule has 1 heterocycles. The fraction of sp³-hybridized carbons (Fsp3) is 0.722. The highest BCUT2D eigenvalue weighted by Crippen LogP contribution is 2.12. The molecule has 0 aliphatic carbocycles. The van der Waals surface area contributed by atoms with Crippen LogP contribution in [0.5, 0.6) is 5.75 Å². The van der Waals surface area contributed by atoms with Gasteiger partial charge in [0.2, 0.25) is 6.20 Å². The third-order valence-corrected chi connectivity index (χ3v) is 3.76. The van der Waals surface area contributed by atoms with Crippen LogP contribution in [0.4, 0.5) is 0 Å². The monoisotopic (exact) mass is 293 g/mol.